The highest BCUT2D eigenvalue weighted by atomic mass is 35.5. The van der Waals surface area contributed by atoms with Crippen molar-refractivity contribution in [3.63, 3.8) is 0 Å². The Morgan fingerprint density at radius 2 is 1.81 bits per heavy atom. The molecule has 140 valence electrons. The highest BCUT2D eigenvalue weighted by Crippen LogP contribution is 2.33. The molecule has 1 heterocycles. The number of hydrogen-bond acceptors (Lipinski definition) is 4. The fraction of sp³-hybridized carbons (Fsp3) is 0.316. The van der Waals surface area contributed by atoms with Crippen LogP contribution in [-0.2, 0) is 4.79 Å². The second kappa shape index (κ2) is 9.40. The Balaban J connectivity index is 0.00000243. The Morgan fingerprint density at radius 1 is 1.12 bits per heavy atom. The van der Waals surface area contributed by atoms with E-state index in [1.54, 1.807) is 24.3 Å². The number of carbonyl (C=O) groups excluding carboxylic acids is 1. The number of anilines is 1. The van der Waals surface area contributed by atoms with Gasteiger partial charge >= 0.3 is 0 Å². The Labute approximate surface area is 158 Å². The van der Waals surface area contributed by atoms with Gasteiger partial charge in [0.2, 0.25) is 5.91 Å². The highest BCUT2D eigenvalue weighted by Gasteiger charge is 2.21. The van der Waals surface area contributed by atoms with Crippen LogP contribution in [0.3, 0.4) is 0 Å². The van der Waals surface area contributed by atoms with Crippen molar-refractivity contribution in [3.8, 4) is 17.2 Å². The summed E-state index contributed by atoms with van der Waals surface area (Å²) >= 11 is 0. The molecule has 0 spiro atoms. The van der Waals surface area contributed by atoms with Gasteiger partial charge in [0, 0.05) is 17.7 Å². The Bertz CT molecular complexity index is 751. The Kier molecular flexibility index (Phi) is 7.24. The van der Waals surface area contributed by atoms with Crippen molar-refractivity contribution in [1.82, 2.24) is 5.32 Å². The predicted octanol–water partition coefficient (Wildman–Crippen LogP) is 3.99. The zero-order chi connectivity index (χ0) is 17.6. The first-order chi connectivity index (χ1) is 12.2. The second-order valence-electron chi connectivity index (χ2n) is 5.91. The van der Waals surface area contributed by atoms with E-state index in [0.29, 0.717) is 17.2 Å². The summed E-state index contributed by atoms with van der Waals surface area (Å²) in [6.45, 7) is 1.66. The van der Waals surface area contributed by atoms with Gasteiger partial charge in [-0.2, -0.15) is 0 Å². The van der Waals surface area contributed by atoms with E-state index >= 15 is 0 Å². The molecule has 0 unspecified atom stereocenters. The van der Waals surface area contributed by atoms with Crippen LogP contribution in [0.25, 0.3) is 0 Å². The fourth-order valence-electron chi connectivity index (χ4n) is 2.81. The third kappa shape index (κ3) is 4.86. The van der Waals surface area contributed by atoms with E-state index in [0.717, 1.165) is 25.9 Å². The van der Waals surface area contributed by atoms with Crippen LogP contribution in [0.4, 0.5) is 10.1 Å². The van der Waals surface area contributed by atoms with E-state index in [2.05, 4.69) is 10.6 Å². The first-order valence-corrected chi connectivity index (χ1v) is 8.29. The average Bonchev–Trinajstić information content (AvgIpc) is 2.65. The number of hydrogen-bond donors (Lipinski definition) is 2. The number of benzene rings is 2. The monoisotopic (exact) mass is 380 g/mol. The van der Waals surface area contributed by atoms with Gasteiger partial charge in [-0.05, 0) is 50.2 Å². The van der Waals surface area contributed by atoms with Crippen LogP contribution >= 0.6 is 12.4 Å². The third-order valence-electron chi connectivity index (χ3n) is 4.20. The molecule has 0 atom stereocenters. The number of carbonyl (C=O) groups is 1. The van der Waals surface area contributed by atoms with Gasteiger partial charge in [-0.3, -0.25) is 4.79 Å². The van der Waals surface area contributed by atoms with Crippen molar-refractivity contribution < 1.29 is 18.7 Å². The normalized spacial score (nSPS) is 14.2. The lowest BCUT2D eigenvalue weighted by Crippen LogP contribution is -2.34. The zero-order valence-electron chi connectivity index (χ0n) is 14.5. The summed E-state index contributed by atoms with van der Waals surface area (Å²) in [7, 11) is 1.53. The molecule has 0 radical (unpaired) electrons. The standard InChI is InChI=1S/C19H21FN2O3.ClH/c1-24-17-4-2-3-5-18(17)25-16-7-6-14(12-15(16)20)22-19(23)13-8-10-21-11-9-13;/h2-7,12-13,21H,8-11H2,1H3,(H,22,23);1H. The number of amides is 1. The zero-order valence-corrected chi connectivity index (χ0v) is 15.3. The molecule has 0 aliphatic carbocycles. The lowest BCUT2D eigenvalue weighted by Gasteiger charge is -2.21. The fourth-order valence-corrected chi connectivity index (χ4v) is 2.81. The molecule has 1 fully saturated rings. The molecule has 5 nitrogen and oxygen atoms in total. The number of methoxy groups -OCH3 is 1. The van der Waals surface area contributed by atoms with Crippen molar-refractivity contribution >= 4 is 24.0 Å². The van der Waals surface area contributed by atoms with Gasteiger partial charge in [0.05, 0.1) is 7.11 Å². The van der Waals surface area contributed by atoms with Gasteiger partial charge in [0.1, 0.15) is 0 Å². The highest BCUT2D eigenvalue weighted by molar-refractivity contribution is 5.92. The molecule has 3 rings (SSSR count). The molecule has 1 aliphatic rings. The van der Waals surface area contributed by atoms with Gasteiger partial charge in [-0.1, -0.05) is 12.1 Å². The van der Waals surface area contributed by atoms with Crippen LogP contribution in [0.5, 0.6) is 17.2 Å². The van der Waals surface area contributed by atoms with Gasteiger partial charge in [-0.25, -0.2) is 4.39 Å². The minimum Gasteiger partial charge on any atom is -0.493 e. The van der Waals surface area contributed by atoms with Crippen LogP contribution in [0, 0.1) is 11.7 Å². The SMILES string of the molecule is COc1ccccc1Oc1ccc(NC(=O)C2CCNCC2)cc1F.Cl. The van der Waals surface area contributed by atoms with Gasteiger partial charge in [0.15, 0.2) is 23.1 Å². The third-order valence-corrected chi connectivity index (χ3v) is 4.20. The summed E-state index contributed by atoms with van der Waals surface area (Å²) in [6, 6.07) is 11.4. The molecule has 1 aliphatic heterocycles. The van der Waals surface area contributed by atoms with Gasteiger partial charge in [0.25, 0.3) is 0 Å². The molecule has 2 aromatic carbocycles. The minimum absolute atomic E-state index is 0. The van der Waals surface area contributed by atoms with E-state index in [1.165, 1.54) is 19.2 Å². The summed E-state index contributed by atoms with van der Waals surface area (Å²) in [5, 5.41) is 5.99. The first-order valence-electron chi connectivity index (χ1n) is 8.29. The van der Waals surface area contributed by atoms with Gasteiger partial charge in [-0.15, -0.1) is 12.4 Å². The maximum atomic E-state index is 14.3. The molecule has 2 aromatic rings. The first kappa shape index (κ1) is 20.0. The molecule has 1 amide bonds. The molecule has 1 saturated heterocycles. The molecule has 26 heavy (non-hydrogen) atoms. The van der Waals surface area contributed by atoms with Crippen molar-refractivity contribution in [2.24, 2.45) is 5.92 Å². The van der Waals surface area contributed by atoms with Crippen LogP contribution in [-0.4, -0.2) is 26.1 Å². The number of rotatable bonds is 5. The molecular formula is C19H22ClFN2O3. The van der Waals surface area contributed by atoms with E-state index in [1.807, 2.05) is 6.07 Å². The van der Waals surface area contributed by atoms with Crippen molar-refractivity contribution in [1.29, 1.82) is 0 Å². The van der Waals surface area contributed by atoms with Crippen LogP contribution < -0.4 is 20.1 Å². The van der Waals surface area contributed by atoms with Crippen LogP contribution in [0.2, 0.25) is 0 Å². The van der Waals surface area contributed by atoms with Crippen molar-refractivity contribution in [3.05, 3.63) is 48.3 Å². The maximum Gasteiger partial charge on any atom is 0.227 e. The molecular weight excluding hydrogens is 359 g/mol. The number of piperidine rings is 1. The van der Waals surface area contributed by atoms with Crippen molar-refractivity contribution in [2.75, 3.05) is 25.5 Å². The molecule has 0 aromatic heterocycles. The van der Waals surface area contributed by atoms with E-state index in [4.69, 9.17) is 9.47 Å². The largest absolute Gasteiger partial charge is 0.493 e. The minimum atomic E-state index is -0.547. The predicted molar refractivity (Wildman–Crippen MR) is 101 cm³/mol. The second-order valence-corrected chi connectivity index (χ2v) is 5.91. The van der Waals surface area contributed by atoms with Crippen LogP contribution in [0.1, 0.15) is 12.8 Å². The lowest BCUT2D eigenvalue weighted by molar-refractivity contribution is -0.120. The molecule has 0 saturated carbocycles. The molecule has 2 N–H and O–H groups in total. The smallest absolute Gasteiger partial charge is 0.227 e. The Hall–Kier alpha value is -2.31. The average molecular weight is 381 g/mol. The van der Waals surface area contributed by atoms with Crippen LogP contribution in [0.15, 0.2) is 42.5 Å². The molecule has 0 bridgehead atoms. The topological polar surface area (TPSA) is 59.6 Å². The summed E-state index contributed by atoms with van der Waals surface area (Å²) < 4.78 is 25.1. The summed E-state index contributed by atoms with van der Waals surface area (Å²) in [5.74, 6) is 0.368. The molecule has 7 heteroatoms. The van der Waals surface area contributed by atoms with Crippen molar-refractivity contribution in [2.45, 2.75) is 12.8 Å². The quantitative estimate of drug-likeness (QED) is 0.823. The van der Waals surface area contributed by atoms with E-state index in [-0.39, 0.29) is 30.0 Å². The van der Waals surface area contributed by atoms with Gasteiger partial charge < -0.3 is 20.1 Å². The van der Waals surface area contributed by atoms with E-state index in [9.17, 15) is 9.18 Å². The number of halogens is 2. The summed E-state index contributed by atoms with van der Waals surface area (Å²) in [5.41, 5.74) is 0.424. The summed E-state index contributed by atoms with van der Waals surface area (Å²) in [4.78, 5) is 12.2. The lowest BCUT2D eigenvalue weighted by atomic mass is 9.97. The summed E-state index contributed by atoms with van der Waals surface area (Å²) in [6.07, 6.45) is 1.59. The number of nitrogens with one attached hydrogen (secondary N) is 2. The number of para-hydroxylation sites is 2. The maximum absolute atomic E-state index is 14.3. The Morgan fingerprint density at radius 3 is 2.46 bits per heavy atom. The number of ether oxygens (including phenoxy) is 2. The van der Waals surface area contributed by atoms with E-state index < -0.39 is 5.82 Å².